The smallest absolute Gasteiger partial charge is 0.232 e. The van der Waals surface area contributed by atoms with Crippen molar-refractivity contribution in [2.24, 2.45) is 5.41 Å². The van der Waals surface area contributed by atoms with Crippen LogP contribution in [-0.4, -0.2) is 24.2 Å². The van der Waals surface area contributed by atoms with Crippen LogP contribution in [0, 0.1) is 17.8 Å². The van der Waals surface area contributed by atoms with E-state index in [0.29, 0.717) is 6.54 Å². The summed E-state index contributed by atoms with van der Waals surface area (Å²) in [4.78, 5) is 11.0. The Morgan fingerprint density at radius 3 is 2.77 bits per heavy atom. The van der Waals surface area contributed by atoms with Crippen molar-refractivity contribution in [2.45, 2.75) is 25.7 Å². The van der Waals surface area contributed by atoms with E-state index >= 15 is 0 Å². The molecule has 0 bridgehead atoms. The summed E-state index contributed by atoms with van der Waals surface area (Å²) in [7, 11) is 0. The number of amides is 1. The molecule has 3 nitrogen and oxygen atoms in total. The number of hydrogen-bond acceptors (Lipinski definition) is 2. The summed E-state index contributed by atoms with van der Waals surface area (Å²) in [6.45, 7) is 0.860. The summed E-state index contributed by atoms with van der Waals surface area (Å²) in [5, 5.41) is 11.5. The molecule has 1 rings (SSSR count). The zero-order valence-electron chi connectivity index (χ0n) is 7.68. The molecule has 1 aliphatic carbocycles. The first-order valence-electron chi connectivity index (χ1n) is 4.53. The Hall–Kier alpha value is -1.01. The van der Waals surface area contributed by atoms with Crippen molar-refractivity contribution in [3.8, 4) is 12.3 Å². The third-order valence-electron chi connectivity index (χ3n) is 2.52. The molecule has 0 aromatic heterocycles. The average Bonchev–Trinajstić information content (AvgIpc) is 2.84. The molecule has 0 unspecified atom stereocenters. The van der Waals surface area contributed by atoms with Gasteiger partial charge in [-0.3, -0.25) is 4.79 Å². The van der Waals surface area contributed by atoms with Gasteiger partial charge in [-0.05, 0) is 24.7 Å². The van der Waals surface area contributed by atoms with Crippen molar-refractivity contribution in [1.82, 2.24) is 5.32 Å². The molecule has 0 heterocycles. The lowest BCUT2D eigenvalue weighted by atomic mass is 10.0. The Labute approximate surface area is 78.5 Å². The minimum atomic E-state index is -0.0910. The lowest BCUT2D eigenvalue weighted by Crippen LogP contribution is -2.30. The van der Waals surface area contributed by atoms with Gasteiger partial charge >= 0.3 is 0 Å². The molecule has 0 aromatic carbocycles. The number of terminal acetylenes is 1. The van der Waals surface area contributed by atoms with E-state index in [2.05, 4.69) is 11.2 Å². The molecule has 0 spiro atoms. The molecule has 2 N–H and O–H groups in total. The normalized spacial score (nSPS) is 17.5. The highest BCUT2D eigenvalue weighted by Gasteiger charge is 2.41. The van der Waals surface area contributed by atoms with Crippen molar-refractivity contribution in [1.29, 1.82) is 0 Å². The van der Waals surface area contributed by atoms with Crippen LogP contribution in [0.25, 0.3) is 0 Å². The van der Waals surface area contributed by atoms with E-state index in [4.69, 9.17) is 11.5 Å². The van der Waals surface area contributed by atoms with E-state index in [0.717, 1.165) is 19.3 Å². The van der Waals surface area contributed by atoms with Crippen molar-refractivity contribution >= 4 is 5.91 Å². The summed E-state index contributed by atoms with van der Waals surface area (Å²) in [6.07, 6.45) is 8.12. The van der Waals surface area contributed by atoms with Gasteiger partial charge in [0, 0.05) is 13.2 Å². The fourth-order valence-electron chi connectivity index (χ4n) is 1.37. The zero-order chi connectivity index (χ0) is 9.73. The highest BCUT2D eigenvalue weighted by molar-refractivity contribution is 5.78. The van der Waals surface area contributed by atoms with Crippen molar-refractivity contribution in [3.05, 3.63) is 0 Å². The van der Waals surface area contributed by atoms with Gasteiger partial charge < -0.3 is 10.4 Å². The number of nitrogens with one attached hydrogen (secondary N) is 1. The lowest BCUT2D eigenvalue weighted by Gasteiger charge is -2.13. The first kappa shape index (κ1) is 10.1. The van der Waals surface area contributed by atoms with Gasteiger partial charge in [0.1, 0.15) is 0 Å². The van der Waals surface area contributed by atoms with E-state index in [9.17, 15) is 4.79 Å². The van der Waals surface area contributed by atoms with Gasteiger partial charge in [-0.2, -0.15) is 0 Å². The minimum Gasteiger partial charge on any atom is -0.396 e. The fourth-order valence-corrected chi connectivity index (χ4v) is 1.37. The van der Waals surface area contributed by atoms with E-state index in [1.54, 1.807) is 0 Å². The van der Waals surface area contributed by atoms with Crippen molar-refractivity contribution in [3.63, 3.8) is 0 Å². The Bertz CT molecular complexity index is 226. The first-order chi connectivity index (χ1) is 6.22. The van der Waals surface area contributed by atoms with E-state index in [1.807, 2.05) is 0 Å². The van der Waals surface area contributed by atoms with E-state index in [1.165, 1.54) is 0 Å². The summed E-state index contributed by atoms with van der Waals surface area (Å²) in [6, 6.07) is 0. The number of aliphatic hydroxyl groups is 1. The highest BCUT2D eigenvalue weighted by atomic mass is 16.3. The Balaban J connectivity index is 2.19. The maximum atomic E-state index is 11.0. The van der Waals surface area contributed by atoms with Gasteiger partial charge in [-0.25, -0.2) is 0 Å². The third-order valence-corrected chi connectivity index (χ3v) is 2.52. The molecule has 1 aliphatic rings. The Kier molecular flexibility index (Phi) is 3.32. The quantitative estimate of drug-likeness (QED) is 0.599. The SMILES string of the molecule is C#CCC(=O)NCC1(CCO)CC1. The number of carbonyl (C=O) groups excluding carboxylic acids is 1. The highest BCUT2D eigenvalue weighted by Crippen LogP contribution is 2.47. The van der Waals surface area contributed by atoms with Gasteiger partial charge in [0.05, 0.1) is 6.42 Å². The topological polar surface area (TPSA) is 49.3 Å². The predicted molar refractivity (Wildman–Crippen MR) is 49.8 cm³/mol. The van der Waals surface area contributed by atoms with Crippen LogP contribution in [0.2, 0.25) is 0 Å². The molecule has 0 atom stereocenters. The van der Waals surface area contributed by atoms with Crippen LogP contribution in [0.3, 0.4) is 0 Å². The summed E-state index contributed by atoms with van der Waals surface area (Å²) in [5.41, 5.74) is 0.180. The van der Waals surface area contributed by atoms with Gasteiger partial charge in [0.2, 0.25) is 5.91 Å². The molecule has 72 valence electrons. The van der Waals surface area contributed by atoms with Gasteiger partial charge in [0.25, 0.3) is 0 Å². The van der Waals surface area contributed by atoms with Gasteiger partial charge in [-0.15, -0.1) is 6.42 Å². The number of rotatable bonds is 5. The second kappa shape index (κ2) is 4.29. The predicted octanol–water partition coefficient (Wildman–Crippen LogP) is 0.288. The van der Waals surface area contributed by atoms with Crippen LogP contribution < -0.4 is 5.32 Å². The average molecular weight is 181 g/mol. The number of carbonyl (C=O) groups is 1. The Morgan fingerprint density at radius 2 is 2.31 bits per heavy atom. The summed E-state index contributed by atoms with van der Waals surface area (Å²) < 4.78 is 0. The Morgan fingerprint density at radius 1 is 1.62 bits per heavy atom. The molecule has 0 saturated heterocycles. The monoisotopic (exact) mass is 181 g/mol. The van der Waals surface area contributed by atoms with Crippen molar-refractivity contribution in [2.75, 3.05) is 13.2 Å². The maximum absolute atomic E-state index is 11.0. The molecular weight excluding hydrogens is 166 g/mol. The molecule has 1 amide bonds. The standard InChI is InChI=1S/C10H15NO2/c1-2-3-9(13)11-8-10(4-5-10)6-7-12/h1,12H,3-8H2,(H,11,13). The number of hydrogen-bond donors (Lipinski definition) is 2. The minimum absolute atomic E-state index is 0.0910. The van der Waals surface area contributed by atoms with Crippen LogP contribution in [0.4, 0.5) is 0 Å². The molecular formula is C10H15NO2. The molecule has 13 heavy (non-hydrogen) atoms. The van der Waals surface area contributed by atoms with Crippen LogP contribution in [-0.2, 0) is 4.79 Å². The third kappa shape index (κ3) is 3.08. The van der Waals surface area contributed by atoms with E-state index < -0.39 is 0 Å². The van der Waals surface area contributed by atoms with Gasteiger partial charge in [0.15, 0.2) is 0 Å². The van der Waals surface area contributed by atoms with Crippen LogP contribution in [0.5, 0.6) is 0 Å². The maximum Gasteiger partial charge on any atom is 0.232 e. The van der Waals surface area contributed by atoms with Crippen LogP contribution in [0.1, 0.15) is 25.7 Å². The molecule has 0 aromatic rings. The molecule has 1 saturated carbocycles. The van der Waals surface area contributed by atoms with Crippen LogP contribution >= 0.6 is 0 Å². The first-order valence-corrected chi connectivity index (χ1v) is 4.53. The second-order valence-electron chi connectivity index (χ2n) is 3.63. The largest absolute Gasteiger partial charge is 0.396 e. The fraction of sp³-hybridized carbons (Fsp3) is 0.700. The van der Waals surface area contributed by atoms with Crippen LogP contribution in [0.15, 0.2) is 0 Å². The van der Waals surface area contributed by atoms with Gasteiger partial charge in [-0.1, -0.05) is 5.92 Å². The molecule has 3 heteroatoms. The second-order valence-corrected chi connectivity index (χ2v) is 3.63. The van der Waals surface area contributed by atoms with Crippen molar-refractivity contribution < 1.29 is 9.90 Å². The summed E-state index contributed by atoms with van der Waals surface area (Å²) >= 11 is 0. The molecule has 0 radical (unpaired) electrons. The van der Waals surface area contributed by atoms with E-state index in [-0.39, 0.29) is 24.3 Å². The molecule has 1 fully saturated rings. The lowest BCUT2D eigenvalue weighted by molar-refractivity contribution is -0.120. The molecule has 0 aliphatic heterocycles. The zero-order valence-corrected chi connectivity index (χ0v) is 7.68. The summed E-state index contributed by atoms with van der Waals surface area (Å²) in [5.74, 6) is 2.20. The number of aliphatic hydroxyl groups excluding tert-OH is 1.